The van der Waals surface area contributed by atoms with Crippen LogP contribution in [0.3, 0.4) is 0 Å². The summed E-state index contributed by atoms with van der Waals surface area (Å²) in [6.07, 6.45) is 25.5. The molecule has 30 heavy (non-hydrogen) atoms. The van der Waals surface area contributed by atoms with Crippen LogP contribution in [0.15, 0.2) is 0 Å². The van der Waals surface area contributed by atoms with E-state index in [0.29, 0.717) is 6.42 Å². The summed E-state index contributed by atoms with van der Waals surface area (Å²) in [5.41, 5.74) is 0. The fraction of sp³-hybridized carbons (Fsp3) is 0.964. The first-order valence-electron chi connectivity index (χ1n) is 13.9. The molecule has 2 heteroatoms. The lowest BCUT2D eigenvalue weighted by molar-refractivity contribution is -0.151. The van der Waals surface area contributed by atoms with Crippen molar-refractivity contribution in [2.75, 3.05) is 0 Å². The Balaban J connectivity index is 1.29. The SMILES string of the molecule is CCCCCC1CCC(C2CCC(C3CCC(OC(=O)CCCC)CC3)CC2)CC1. The Bertz CT molecular complexity index is 463. The van der Waals surface area contributed by atoms with Crippen molar-refractivity contribution in [1.29, 1.82) is 0 Å². The molecule has 0 aromatic carbocycles. The van der Waals surface area contributed by atoms with Gasteiger partial charge in [-0.25, -0.2) is 0 Å². The molecule has 0 radical (unpaired) electrons. The van der Waals surface area contributed by atoms with Crippen LogP contribution < -0.4 is 0 Å². The van der Waals surface area contributed by atoms with Crippen molar-refractivity contribution in [2.45, 2.75) is 142 Å². The quantitative estimate of drug-likeness (QED) is 0.263. The van der Waals surface area contributed by atoms with Gasteiger partial charge in [0.25, 0.3) is 0 Å². The van der Waals surface area contributed by atoms with Crippen molar-refractivity contribution in [2.24, 2.45) is 29.6 Å². The Morgan fingerprint density at radius 1 is 0.633 bits per heavy atom. The minimum absolute atomic E-state index is 0.0425. The second-order valence-corrected chi connectivity index (χ2v) is 11.1. The highest BCUT2D eigenvalue weighted by molar-refractivity contribution is 5.69. The largest absolute Gasteiger partial charge is 0.462 e. The third-order valence-electron chi connectivity index (χ3n) is 9.01. The van der Waals surface area contributed by atoms with Gasteiger partial charge in [0.1, 0.15) is 6.10 Å². The lowest BCUT2D eigenvalue weighted by Crippen LogP contribution is -2.31. The number of esters is 1. The zero-order chi connectivity index (χ0) is 21.2. The molecular formula is C28H50O2. The standard InChI is InChI=1S/C28H50O2/c1-3-5-7-8-22-10-12-23(13-11-22)24-14-16-25(17-15-24)26-18-20-27(21-19-26)30-28(29)9-6-4-2/h22-27H,3-21H2,1-2H3. The maximum Gasteiger partial charge on any atom is 0.306 e. The maximum absolute atomic E-state index is 11.9. The summed E-state index contributed by atoms with van der Waals surface area (Å²) in [5, 5.41) is 0. The van der Waals surface area contributed by atoms with Gasteiger partial charge in [-0.05, 0) is 100 Å². The van der Waals surface area contributed by atoms with E-state index in [1.165, 1.54) is 89.9 Å². The second kappa shape index (κ2) is 13.1. The Hall–Kier alpha value is -0.530. The molecule has 0 spiro atoms. The highest BCUT2D eigenvalue weighted by Gasteiger charge is 2.35. The zero-order valence-electron chi connectivity index (χ0n) is 20.2. The van der Waals surface area contributed by atoms with Crippen LogP contribution in [-0.4, -0.2) is 12.1 Å². The molecule has 2 nitrogen and oxygen atoms in total. The van der Waals surface area contributed by atoms with Gasteiger partial charge >= 0.3 is 5.97 Å². The Kier molecular flexibility index (Phi) is 10.5. The first kappa shape index (κ1) is 24.1. The van der Waals surface area contributed by atoms with Crippen molar-refractivity contribution in [3.63, 3.8) is 0 Å². The van der Waals surface area contributed by atoms with E-state index in [1.54, 1.807) is 0 Å². The van der Waals surface area contributed by atoms with Crippen LogP contribution in [0.5, 0.6) is 0 Å². The smallest absolute Gasteiger partial charge is 0.306 e. The van der Waals surface area contributed by atoms with Gasteiger partial charge in [0, 0.05) is 6.42 Å². The monoisotopic (exact) mass is 418 g/mol. The number of carbonyl (C=O) groups excluding carboxylic acids is 1. The lowest BCUT2D eigenvalue weighted by Gasteiger charge is -2.41. The molecule has 174 valence electrons. The fourth-order valence-corrected chi connectivity index (χ4v) is 6.96. The first-order valence-corrected chi connectivity index (χ1v) is 13.9. The first-order chi connectivity index (χ1) is 14.7. The molecule has 0 aromatic rings. The van der Waals surface area contributed by atoms with Crippen LogP contribution in [0.25, 0.3) is 0 Å². The third-order valence-corrected chi connectivity index (χ3v) is 9.01. The van der Waals surface area contributed by atoms with Crippen LogP contribution >= 0.6 is 0 Å². The number of carbonyl (C=O) groups is 1. The molecule has 0 bridgehead atoms. The molecule has 0 unspecified atom stereocenters. The minimum atomic E-state index is 0.0425. The van der Waals surface area contributed by atoms with Gasteiger partial charge in [0.15, 0.2) is 0 Å². The number of ether oxygens (including phenoxy) is 1. The summed E-state index contributed by atoms with van der Waals surface area (Å²) in [6.45, 7) is 4.45. The number of hydrogen-bond donors (Lipinski definition) is 0. The van der Waals surface area contributed by atoms with Gasteiger partial charge in [0.05, 0.1) is 0 Å². The molecule has 3 aliphatic carbocycles. The van der Waals surface area contributed by atoms with E-state index < -0.39 is 0 Å². The molecule has 3 fully saturated rings. The van der Waals surface area contributed by atoms with Crippen molar-refractivity contribution in [1.82, 2.24) is 0 Å². The molecule has 3 rings (SSSR count). The van der Waals surface area contributed by atoms with Crippen molar-refractivity contribution in [3.8, 4) is 0 Å². The molecule has 0 atom stereocenters. The van der Waals surface area contributed by atoms with Crippen LogP contribution in [0.2, 0.25) is 0 Å². The number of hydrogen-bond acceptors (Lipinski definition) is 2. The maximum atomic E-state index is 11.9. The normalized spacial score (nSPS) is 35.1. The predicted octanol–water partition coefficient (Wildman–Crippen LogP) is 8.47. The van der Waals surface area contributed by atoms with E-state index >= 15 is 0 Å². The predicted molar refractivity (Wildman–Crippen MR) is 126 cm³/mol. The van der Waals surface area contributed by atoms with Gasteiger partial charge in [0.2, 0.25) is 0 Å². The van der Waals surface area contributed by atoms with Crippen molar-refractivity contribution >= 4 is 5.97 Å². The summed E-state index contributed by atoms with van der Waals surface area (Å²) >= 11 is 0. The minimum Gasteiger partial charge on any atom is -0.462 e. The molecule has 3 saturated carbocycles. The zero-order valence-corrected chi connectivity index (χ0v) is 20.2. The summed E-state index contributed by atoms with van der Waals surface area (Å²) in [6, 6.07) is 0. The van der Waals surface area contributed by atoms with E-state index in [1.807, 2.05) is 0 Å². The fourth-order valence-electron chi connectivity index (χ4n) is 6.96. The van der Waals surface area contributed by atoms with Crippen LogP contribution in [-0.2, 0) is 9.53 Å². The summed E-state index contributed by atoms with van der Waals surface area (Å²) < 4.78 is 5.73. The Labute approximate surface area is 187 Å². The van der Waals surface area contributed by atoms with E-state index in [4.69, 9.17) is 4.74 Å². The molecule has 0 aromatic heterocycles. The molecular weight excluding hydrogens is 368 g/mol. The molecule has 3 aliphatic rings. The summed E-state index contributed by atoms with van der Waals surface area (Å²) in [4.78, 5) is 11.9. The van der Waals surface area contributed by atoms with Gasteiger partial charge in [-0.2, -0.15) is 0 Å². The number of unbranched alkanes of at least 4 members (excludes halogenated alkanes) is 3. The average molecular weight is 419 g/mol. The third kappa shape index (κ3) is 7.56. The summed E-state index contributed by atoms with van der Waals surface area (Å²) in [7, 11) is 0. The van der Waals surface area contributed by atoms with E-state index in [2.05, 4.69) is 13.8 Å². The molecule has 0 amide bonds. The topological polar surface area (TPSA) is 26.3 Å². The van der Waals surface area contributed by atoms with Crippen molar-refractivity contribution < 1.29 is 9.53 Å². The van der Waals surface area contributed by atoms with E-state index in [0.717, 1.165) is 55.3 Å². The van der Waals surface area contributed by atoms with Gasteiger partial charge < -0.3 is 4.74 Å². The molecule has 0 heterocycles. The van der Waals surface area contributed by atoms with Crippen LogP contribution in [0, 0.1) is 29.6 Å². The molecule has 0 N–H and O–H groups in total. The Morgan fingerprint density at radius 3 is 1.60 bits per heavy atom. The highest BCUT2D eigenvalue weighted by Crippen LogP contribution is 2.46. The van der Waals surface area contributed by atoms with Crippen molar-refractivity contribution in [3.05, 3.63) is 0 Å². The average Bonchev–Trinajstić information content (AvgIpc) is 2.79. The summed E-state index contributed by atoms with van der Waals surface area (Å²) in [5.74, 6) is 5.05. The highest BCUT2D eigenvalue weighted by atomic mass is 16.5. The molecule has 0 saturated heterocycles. The van der Waals surface area contributed by atoms with Gasteiger partial charge in [-0.3, -0.25) is 4.79 Å². The van der Waals surface area contributed by atoms with Gasteiger partial charge in [-0.1, -0.05) is 58.8 Å². The van der Waals surface area contributed by atoms with E-state index in [-0.39, 0.29) is 12.1 Å². The number of rotatable bonds is 10. The van der Waals surface area contributed by atoms with Crippen LogP contribution in [0.1, 0.15) is 136 Å². The molecule has 0 aliphatic heterocycles. The lowest BCUT2D eigenvalue weighted by atomic mass is 9.65. The Morgan fingerprint density at radius 2 is 1.10 bits per heavy atom. The van der Waals surface area contributed by atoms with E-state index in [9.17, 15) is 4.79 Å². The van der Waals surface area contributed by atoms with Crippen LogP contribution in [0.4, 0.5) is 0 Å². The second-order valence-electron chi connectivity index (χ2n) is 11.1. The van der Waals surface area contributed by atoms with Gasteiger partial charge in [-0.15, -0.1) is 0 Å².